The number of benzene rings is 1. The molecule has 1 aromatic carbocycles. The second kappa shape index (κ2) is 11.5. The van der Waals surface area contributed by atoms with Gasteiger partial charge in [-0.2, -0.15) is 0 Å². The Morgan fingerprint density at radius 1 is 1.17 bits per heavy atom. The molecule has 0 aromatic heterocycles. The van der Waals surface area contributed by atoms with Crippen molar-refractivity contribution in [1.82, 2.24) is 20.4 Å². The van der Waals surface area contributed by atoms with Gasteiger partial charge in [-0.1, -0.05) is 0 Å². The molecule has 0 saturated carbocycles. The summed E-state index contributed by atoms with van der Waals surface area (Å²) in [5, 5.41) is 5.40. The summed E-state index contributed by atoms with van der Waals surface area (Å²) < 4.78 is 5.27. The fraction of sp³-hybridized carbons (Fsp3) is 0.600. The Morgan fingerprint density at radius 3 is 2.51 bits per heavy atom. The average molecular weight is 488 g/mol. The van der Waals surface area contributed by atoms with Gasteiger partial charge in [0.15, 0.2) is 0 Å². The number of piperazine rings is 1. The molecule has 1 saturated heterocycles. The zero-order chi connectivity index (χ0) is 25.6. The third-order valence-corrected chi connectivity index (χ3v) is 6.24. The Balaban J connectivity index is 1.54. The molecular weight excluding hydrogens is 450 g/mol. The minimum Gasteiger partial charge on any atom is -0.444 e. The Morgan fingerprint density at radius 2 is 1.89 bits per heavy atom. The van der Waals surface area contributed by atoms with E-state index in [4.69, 9.17) is 4.74 Å². The van der Waals surface area contributed by atoms with Crippen LogP contribution in [0.5, 0.6) is 0 Å². The third kappa shape index (κ3) is 6.94. The number of nitrogens with zero attached hydrogens (tertiary/aromatic N) is 3. The molecule has 3 amide bonds. The van der Waals surface area contributed by atoms with Crippen LogP contribution in [0.15, 0.2) is 18.2 Å². The molecule has 2 N–H and O–H groups in total. The number of carbonyl (C=O) groups excluding carboxylic acids is 4. The Kier molecular flexibility index (Phi) is 8.71. The van der Waals surface area contributed by atoms with Crippen molar-refractivity contribution >= 4 is 29.9 Å². The summed E-state index contributed by atoms with van der Waals surface area (Å²) in [6.45, 7) is 10.6. The summed E-state index contributed by atoms with van der Waals surface area (Å²) in [4.78, 5) is 54.1. The largest absolute Gasteiger partial charge is 0.444 e. The summed E-state index contributed by atoms with van der Waals surface area (Å²) in [7, 11) is 1.54. The standard InChI is InChI=1S/C25H37N5O5/c1-25(2,3)35-24(34)27-9-10-28-11-13-29(14-12-28)19-7-8-20-18(16-19)17-30(23(20)33)21(6-5-15-31)22(32)26-4/h7-8,15-16,21H,5-6,9-14,17H2,1-4H3,(H,26,32)(H,27,34). The molecule has 0 spiro atoms. The van der Waals surface area contributed by atoms with Gasteiger partial charge >= 0.3 is 6.09 Å². The second-order valence-electron chi connectivity index (χ2n) is 9.91. The van der Waals surface area contributed by atoms with Crippen LogP contribution in [0.1, 0.15) is 49.5 Å². The maximum Gasteiger partial charge on any atom is 0.407 e. The van der Waals surface area contributed by atoms with E-state index in [9.17, 15) is 19.2 Å². The first kappa shape index (κ1) is 26.5. The lowest BCUT2D eigenvalue weighted by Crippen LogP contribution is -2.48. The van der Waals surface area contributed by atoms with E-state index in [-0.39, 0.29) is 18.2 Å². The van der Waals surface area contributed by atoms with Crippen molar-refractivity contribution in [3.05, 3.63) is 29.3 Å². The first-order valence-corrected chi connectivity index (χ1v) is 12.2. The molecule has 35 heavy (non-hydrogen) atoms. The van der Waals surface area contributed by atoms with Crippen LogP contribution >= 0.6 is 0 Å². The van der Waals surface area contributed by atoms with Crippen LogP contribution in [0.2, 0.25) is 0 Å². The van der Waals surface area contributed by atoms with Crippen molar-refractivity contribution in [3.8, 4) is 0 Å². The normalized spacial score (nSPS) is 17.1. The van der Waals surface area contributed by atoms with Gasteiger partial charge in [0.2, 0.25) is 5.91 Å². The molecule has 10 nitrogen and oxygen atoms in total. The monoisotopic (exact) mass is 487 g/mol. The maximum absolute atomic E-state index is 13.0. The minimum atomic E-state index is -0.661. The summed E-state index contributed by atoms with van der Waals surface area (Å²) in [5.41, 5.74) is 2.05. The van der Waals surface area contributed by atoms with E-state index in [1.807, 2.05) is 39.0 Å². The van der Waals surface area contributed by atoms with Crippen LogP contribution in [0, 0.1) is 0 Å². The SMILES string of the molecule is CNC(=O)C(CCC=O)N1Cc2cc(N3CCN(CCNC(=O)OC(C)(C)C)CC3)ccc2C1=O. The Labute approximate surface area is 206 Å². The van der Waals surface area contributed by atoms with Crippen LogP contribution in [-0.4, -0.2) is 92.0 Å². The number of nitrogens with one attached hydrogen (secondary N) is 2. The van der Waals surface area contributed by atoms with E-state index < -0.39 is 17.7 Å². The molecule has 0 bridgehead atoms. The number of anilines is 1. The zero-order valence-corrected chi connectivity index (χ0v) is 21.1. The second-order valence-corrected chi connectivity index (χ2v) is 9.91. The third-order valence-electron chi connectivity index (χ3n) is 6.24. The molecule has 1 unspecified atom stereocenters. The highest BCUT2D eigenvalue weighted by atomic mass is 16.6. The molecule has 2 aliphatic heterocycles. The number of aldehydes is 1. The zero-order valence-electron chi connectivity index (χ0n) is 21.1. The summed E-state index contributed by atoms with van der Waals surface area (Å²) in [6, 6.07) is 5.17. The van der Waals surface area contributed by atoms with E-state index >= 15 is 0 Å². The molecule has 1 atom stereocenters. The number of rotatable bonds is 9. The Bertz CT molecular complexity index is 937. The van der Waals surface area contributed by atoms with Crippen molar-refractivity contribution in [1.29, 1.82) is 0 Å². The molecule has 3 rings (SSSR count). The molecule has 2 heterocycles. The number of ether oxygens (including phenoxy) is 1. The predicted octanol–water partition coefficient (Wildman–Crippen LogP) is 1.38. The topological polar surface area (TPSA) is 111 Å². The molecule has 0 aliphatic carbocycles. The number of alkyl carbamates (subject to hydrolysis) is 1. The molecular formula is C25H37N5O5. The minimum absolute atomic E-state index is 0.173. The molecule has 10 heteroatoms. The number of likely N-dealkylation sites (N-methyl/N-ethyl adjacent to an activating group) is 1. The highest BCUT2D eigenvalue weighted by Gasteiger charge is 2.36. The molecule has 192 valence electrons. The first-order valence-electron chi connectivity index (χ1n) is 12.2. The van der Waals surface area contributed by atoms with E-state index in [0.29, 0.717) is 25.1 Å². The lowest BCUT2D eigenvalue weighted by atomic mass is 10.1. The van der Waals surface area contributed by atoms with E-state index in [1.165, 1.54) is 7.05 Å². The highest BCUT2D eigenvalue weighted by Crippen LogP contribution is 2.30. The summed E-state index contributed by atoms with van der Waals surface area (Å²) >= 11 is 0. The van der Waals surface area contributed by atoms with E-state index in [2.05, 4.69) is 20.4 Å². The Hall–Kier alpha value is -3.14. The van der Waals surface area contributed by atoms with Crippen molar-refractivity contribution in [2.45, 2.75) is 51.8 Å². The van der Waals surface area contributed by atoms with Gasteiger partial charge in [-0.25, -0.2) is 4.79 Å². The number of hydrogen-bond donors (Lipinski definition) is 2. The van der Waals surface area contributed by atoms with Gasteiger partial charge in [0, 0.05) is 70.5 Å². The summed E-state index contributed by atoms with van der Waals surface area (Å²) in [6.07, 6.45) is 0.902. The van der Waals surface area contributed by atoms with Gasteiger partial charge < -0.3 is 30.0 Å². The van der Waals surface area contributed by atoms with Crippen molar-refractivity contribution in [2.75, 3.05) is 51.2 Å². The fourth-order valence-corrected chi connectivity index (χ4v) is 4.46. The molecule has 2 aliphatic rings. The van der Waals surface area contributed by atoms with Crippen LogP contribution < -0.4 is 15.5 Å². The molecule has 1 fully saturated rings. The highest BCUT2D eigenvalue weighted by molar-refractivity contribution is 6.01. The lowest BCUT2D eigenvalue weighted by molar-refractivity contribution is -0.125. The van der Waals surface area contributed by atoms with Gasteiger partial charge in [0.25, 0.3) is 5.91 Å². The number of carbonyl (C=O) groups is 4. The number of fused-ring (bicyclic) bond motifs is 1. The van der Waals surface area contributed by atoms with Crippen LogP contribution in [0.4, 0.5) is 10.5 Å². The van der Waals surface area contributed by atoms with Gasteiger partial charge in [-0.3, -0.25) is 14.5 Å². The van der Waals surface area contributed by atoms with Crippen LogP contribution in [-0.2, 0) is 20.9 Å². The van der Waals surface area contributed by atoms with Crippen LogP contribution in [0.3, 0.4) is 0 Å². The van der Waals surface area contributed by atoms with Gasteiger partial charge in [-0.05, 0) is 51.0 Å². The van der Waals surface area contributed by atoms with Crippen molar-refractivity contribution < 1.29 is 23.9 Å². The van der Waals surface area contributed by atoms with Crippen LogP contribution in [0.25, 0.3) is 0 Å². The van der Waals surface area contributed by atoms with Crippen molar-refractivity contribution in [3.63, 3.8) is 0 Å². The van der Waals surface area contributed by atoms with E-state index in [1.54, 1.807) is 4.90 Å². The predicted molar refractivity (Wildman–Crippen MR) is 132 cm³/mol. The average Bonchev–Trinajstić information content (AvgIpc) is 3.14. The molecule has 0 radical (unpaired) electrons. The van der Waals surface area contributed by atoms with Gasteiger partial charge in [0.1, 0.15) is 17.9 Å². The van der Waals surface area contributed by atoms with Gasteiger partial charge in [0.05, 0.1) is 0 Å². The first-order chi connectivity index (χ1) is 16.6. The summed E-state index contributed by atoms with van der Waals surface area (Å²) in [5.74, 6) is -0.432. The van der Waals surface area contributed by atoms with Crippen molar-refractivity contribution in [2.24, 2.45) is 0 Å². The van der Waals surface area contributed by atoms with E-state index in [0.717, 1.165) is 50.3 Å². The molecule has 1 aromatic rings. The number of amides is 3. The number of hydrogen-bond acceptors (Lipinski definition) is 7. The fourth-order valence-electron chi connectivity index (χ4n) is 4.46. The lowest BCUT2D eigenvalue weighted by Gasteiger charge is -2.36. The van der Waals surface area contributed by atoms with Gasteiger partial charge in [-0.15, -0.1) is 0 Å². The smallest absolute Gasteiger partial charge is 0.407 e. The quantitative estimate of drug-likeness (QED) is 0.506. The maximum atomic E-state index is 13.0.